The summed E-state index contributed by atoms with van der Waals surface area (Å²) >= 11 is 0. The molecule has 2 unspecified atom stereocenters. The van der Waals surface area contributed by atoms with Gasteiger partial charge < -0.3 is 9.84 Å². The molecule has 2 rings (SSSR count). The summed E-state index contributed by atoms with van der Waals surface area (Å²) in [5, 5.41) is 7.10. The number of aromatic nitrogens is 2. The van der Waals surface area contributed by atoms with E-state index in [1.165, 1.54) is 6.42 Å². The molecule has 78 valence electrons. The lowest BCUT2D eigenvalue weighted by Gasteiger charge is -1.93. The van der Waals surface area contributed by atoms with Crippen LogP contribution in [0.25, 0.3) is 0 Å². The van der Waals surface area contributed by atoms with E-state index in [2.05, 4.69) is 22.4 Å². The van der Waals surface area contributed by atoms with Gasteiger partial charge in [-0.3, -0.25) is 0 Å². The van der Waals surface area contributed by atoms with Gasteiger partial charge in [0.05, 0.1) is 0 Å². The third-order valence-corrected chi connectivity index (χ3v) is 2.74. The largest absolute Gasteiger partial charge is 0.339 e. The van der Waals surface area contributed by atoms with E-state index in [1.807, 2.05) is 7.05 Å². The summed E-state index contributed by atoms with van der Waals surface area (Å²) < 4.78 is 5.17. The molecular weight excluding hydrogens is 178 g/mol. The lowest BCUT2D eigenvalue weighted by molar-refractivity contribution is 0.369. The Balaban J connectivity index is 1.84. The van der Waals surface area contributed by atoms with Crippen LogP contribution in [0, 0.1) is 5.92 Å². The zero-order valence-corrected chi connectivity index (χ0v) is 8.79. The first-order valence-electron chi connectivity index (χ1n) is 5.28. The molecule has 4 nitrogen and oxygen atoms in total. The summed E-state index contributed by atoms with van der Waals surface area (Å²) in [6, 6.07) is 0. The van der Waals surface area contributed by atoms with Gasteiger partial charge in [-0.05, 0) is 32.4 Å². The summed E-state index contributed by atoms with van der Waals surface area (Å²) in [6.45, 7) is 3.22. The van der Waals surface area contributed by atoms with Gasteiger partial charge in [0.25, 0.3) is 0 Å². The van der Waals surface area contributed by atoms with Crippen LogP contribution in [0.4, 0.5) is 0 Å². The Morgan fingerprint density at radius 1 is 1.57 bits per heavy atom. The van der Waals surface area contributed by atoms with Gasteiger partial charge in [-0.15, -0.1) is 0 Å². The van der Waals surface area contributed by atoms with Crippen molar-refractivity contribution in [2.75, 3.05) is 13.6 Å². The molecule has 1 fully saturated rings. The van der Waals surface area contributed by atoms with Gasteiger partial charge in [0, 0.05) is 12.3 Å². The van der Waals surface area contributed by atoms with Gasteiger partial charge in [-0.2, -0.15) is 4.98 Å². The maximum Gasteiger partial charge on any atom is 0.226 e. The van der Waals surface area contributed by atoms with Crippen molar-refractivity contribution >= 4 is 0 Å². The van der Waals surface area contributed by atoms with E-state index in [1.54, 1.807) is 0 Å². The van der Waals surface area contributed by atoms with Crippen LogP contribution in [0.15, 0.2) is 4.52 Å². The van der Waals surface area contributed by atoms with Gasteiger partial charge in [-0.1, -0.05) is 12.1 Å². The Morgan fingerprint density at radius 2 is 2.36 bits per heavy atom. The molecule has 0 aliphatic heterocycles. The lowest BCUT2D eigenvalue weighted by Crippen LogP contribution is -2.08. The quantitative estimate of drug-likeness (QED) is 0.720. The molecule has 1 aromatic heterocycles. The smallest absolute Gasteiger partial charge is 0.226 e. The van der Waals surface area contributed by atoms with Gasteiger partial charge in [0.2, 0.25) is 5.89 Å². The predicted molar refractivity (Wildman–Crippen MR) is 53.1 cm³/mol. The van der Waals surface area contributed by atoms with E-state index in [9.17, 15) is 0 Å². The summed E-state index contributed by atoms with van der Waals surface area (Å²) in [7, 11) is 1.95. The Labute approximate surface area is 84.1 Å². The summed E-state index contributed by atoms with van der Waals surface area (Å²) in [4.78, 5) is 4.39. The van der Waals surface area contributed by atoms with Crippen LogP contribution < -0.4 is 5.32 Å². The van der Waals surface area contributed by atoms with E-state index in [4.69, 9.17) is 4.52 Å². The van der Waals surface area contributed by atoms with Crippen molar-refractivity contribution < 1.29 is 4.52 Å². The number of rotatable bonds is 5. The van der Waals surface area contributed by atoms with Crippen LogP contribution in [0.3, 0.4) is 0 Å². The number of nitrogens with zero attached hydrogens (tertiary/aromatic N) is 2. The normalized spacial score (nSPS) is 25.3. The third kappa shape index (κ3) is 2.12. The Hall–Kier alpha value is -0.900. The van der Waals surface area contributed by atoms with Crippen molar-refractivity contribution in [3.8, 4) is 0 Å². The molecule has 14 heavy (non-hydrogen) atoms. The second-order valence-corrected chi connectivity index (χ2v) is 4.07. The average Bonchev–Trinajstić information content (AvgIpc) is 2.74. The first kappa shape index (κ1) is 9.65. The molecular formula is C10H17N3O. The zero-order valence-electron chi connectivity index (χ0n) is 8.79. The van der Waals surface area contributed by atoms with Crippen LogP contribution in [-0.4, -0.2) is 23.7 Å². The lowest BCUT2D eigenvalue weighted by atomic mass is 10.3. The number of aryl methyl sites for hydroxylation is 1. The second kappa shape index (κ2) is 4.09. The number of hydrogen-bond donors (Lipinski definition) is 1. The standard InChI is InChI=1S/C10H17N3O/c1-7-6-8(7)10-12-9(14-13-10)4-3-5-11-2/h7-8,11H,3-6H2,1-2H3. The molecule has 1 N–H and O–H groups in total. The molecule has 0 amide bonds. The fraction of sp³-hybridized carbons (Fsp3) is 0.800. The van der Waals surface area contributed by atoms with Crippen molar-refractivity contribution in [3.05, 3.63) is 11.7 Å². The van der Waals surface area contributed by atoms with Gasteiger partial charge in [0.15, 0.2) is 5.82 Å². The number of hydrogen-bond acceptors (Lipinski definition) is 4. The molecule has 4 heteroatoms. The molecule has 0 spiro atoms. The van der Waals surface area contributed by atoms with Crippen molar-refractivity contribution in [2.24, 2.45) is 5.92 Å². The fourth-order valence-corrected chi connectivity index (χ4v) is 1.62. The third-order valence-electron chi connectivity index (χ3n) is 2.74. The van der Waals surface area contributed by atoms with Crippen molar-refractivity contribution in [2.45, 2.75) is 32.1 Å². The summed E-state index contributed by atoms with van der Waals surface area (Å²) in [5.74, 6) is 3.01. The monoisotopic (exact) mass is 195 g/mol. The highest BCUT2D eigenvalue weighted by atomic mass is 16.5. The average molecular weight is 195 g/mol. The first-order valence-corrected chi connectivity index (χ1v) is 5.28. The van der Waals surface area contributed by atoms with Crippen LogP contribution >= 0.6 is 0 Å². The van der Waals surface area contributed by atoms with Crippen LogP contribution in [0.5, 0.6) is 0 Å². The van der Waals surface area contributed by atoms with E-state index < -0.39 is 0 Å². The number of nitrogens with one attached hydrogen (secondary N) is 1. The molecule has 1 saturated carbocycles. The maximum atomic E-state index is 5.17. The van der Waals surface area contributed by atoms with E-state index >= 15 is 0 Å². The van der Waals surface area contributed by atoms with Crippen molar-refractivity contribution in [3.63, 3.8) is 0 Å². The molecule has 1 aliphatic rings. The zero-order chi connectivity index (χ0) is 9.97. The van der Waals surface area contributed by atoms with E-state index in [-0.39, 0.29) is 0 Å². The van der Waals surface area contributed by atoms with E-state index in [0.29, 0.717) is 5.92 Å². The second-order valence-electron chi connectivity index (χ2n) is 4.07. The molecule has 1 aliphatic carbocycles. The molecule has 1 heterocycles. The molecule has 0 radical (unpaired) electrons. The van der Waals surface area contributed by atoms with Crippen LogP contribution in [0.2, 0.25) is 0 Å². The summed E-state index contributed by atoms with van der Waals surface area (Å²) in [5.41, 5.74) is 0. The Morgan fingerprint density at radius 3 is 3.00 bits per heavy atom. The van der Waals surface area contributed by atoms with Crippen LogP contribution in [0.1, 0.15) is 37.4 Å². The van der Waals surface area contributed by atoms with Gasteiger partial charge in [-0.25, -0.2) is 0 Å². The Bertz CT molecular complexity index is 297. The minimum absolute atomic E-state index is 0.566. The van der Waals surface area contributed by atoms with E-state index in [0.717, 1.165) is 37.0 Å². The SMILES string of the molecule is CNCCCc1nc(C2CC2C)no1. The molecule has 1 aromatic rings. The highest BCUT2D eigenvalue weighted by Gasteiger charge is 2.37. The maximum absolute atomic E-state index is 5.17. The molecule has 0 saturated heterocycles. The predicted octanol–water partition coefficient (Wildman–Crippen LogP) is 1.34. The van der Waals surface area contributed by atoms with Crippen molar-refractivity contribution in [1.29, 1.82) is 0 Å². The van der Waals surface area contributed by atoms with Crippen molar-refractivity contribution in [1.82, 2.24) is 15.5 Å². The highest BCUT2D eigenvalue weighted by Crippen LogP contribution is 2.45. The topological polar surface area (TPSA) is 51.0 Å². The molecule has 0 aromatic carbocycles. The summed E-state index contributed by atoms with van der Waals surface area (Å²) in [6.07, 6.45) is 3.16. The molecule has 2 atom stereocenters. The first-order chi connectivity index (χ1) is 6.81. The van der Waals surface area contributed by atoms with Crippen LogP contribution in [-0.2, 0) is 6.42 Å². The fourth-order valence-electron chi connectivity index (χ4n) is 1.62. The minimum atomic E-state index is 0.566. The Kier molecular flexibility index (Phi) is 2.82. The molecule has 0 bridgehead atoms. The van der Waals surface area contributed by atoms with Gasteiger partial charge >= 0.3 is 0 Å². The van der Waals surface area contributed by atoms with Gasteiger partial charge in [0.1, 0.15) is 0 Å². The minimum Gasteiger partial charge on any atom is -0.339 e. The highest BCUT2D eigenvalue weighted by molar-refractivity contribution is 5.07.